The summed E-state index contributed by atoms with van der Waals surface area (Å²) in [6, 6.07) is 10.5. The third-order valence-electron chi connectivity index (χ3n) is 3.17. The first-order valence-corrected chi connectivity index (χ1v) is 8.98. The van der Waals surface area contributed by atoms with E-state index in [1.807, 2.05) is 0 Å². The minimum absolute atomic E-state index is 0.0278. The van der Waals surface area contributed by atoms with Gasteiger partial charge < -0.3 is 0 Å². The summed E-state index contributed by atoms with van der Waals surface area (Å²) < 4.78 is 7.55. The fraction of sp³-hybridized carbons (Fsp3) is 0.588. The summed E-state index contributed by atoms with van der Waals surface area (Å²) in [6.07, 6.45) is -0.0578. The van der Waals surface area contributed by atoms with Gasteiger partial charge >= 0.3 is 129 Å². The molecule has 2 nitrogen and oxygen atoms in total. The van der Waals surface area contributed by atoms with Crippen molar-refractivity contribution in [3.63, 3.8) is 0 Å². The van der Waals surface area contributed by atoms with Crippen LogP contribution in [0.25, 0.3) is 0 Å². The SMILES string of the molecule is CC(C)(C)C1N=C(c2ccccc2)[Se]C(C(C)(C)C)O1. The van der Waals surface area contributed by atoms with Crippen LogP contribution in [0.5, 0.6) is 0 Å². The van der Waals surface area contributed by atoms with Crippen molar-refractivity contribution in [3.8, 4) is 0 Å². The van der Waals surface area contributed by atoms with Crippen LogP contribution in [-0.4, -0.2) is 30.8 Å². The molecule has 0 aliphatic carbocycles. The third kappa shape index (κ3) is 3.72. The van der Waals surface area contributed by atoms with Crippen LogP contribution in [0.15, 0.2) is 35.3 Å². The van der Waals surface area contributed by atoms with Crippen molar-refractivity contribution in [1.29, 1.82) is 0 Å². The second kappa shape index (κ2) is 5.63. The van der Waals surface area contributed by atoms with Gasteiger partial charge in [0.25, 0.3) is 0 Å². The summed E-state index contributed by atoms with van der Waals surface area (Å²) >= 11 is 0.251. The van der Waals surface area contributed by atoms with E-state index in [1.54, 1.807) is 0 Å². The molecule has 3 heteroatoms. The molecular weight excluding hydrogens is 313 g/mol. The number of hydrogen-bond donors (Lipinski definition) is 0. The van der Waals surface area contributed by atoms with Crippen LogP contribution in [0.1, 0.15) is 47.1 Å². The molecule has 2 rings (SSSR count). The Morgan fingerprint density at radius 2 is 1.55 bits per heavy atom. The van der Waals surface area contributed by atoms with Crippen LogP contribution in [0.2, 0.25) is 0 Å². The quantitative estimate of drug-likeness (QED) is 0.712. The van der Waals surface area contributed by atoms with Crippen molar-refractivity contribution in [2.45, 2.75) is 52.8 Å². The first kappa shape index (κ1) is 15.8. The fourth-order valence-electron chi connectivity index (χ4n) is 1.92. The van der Waals surface area contributed by atoms with Gasteiger partial charge in [-0.05, 0) is 0 Å². The molecule has 110 valence electrons. The predicted octanol–water partition coefficient (Wildman–Crippen LogP) is 3.91. The normalized spacial score (nSPS) is 24.4. The van der Waals surface area contributed by atoms with Crippen LogP contribution in [0.4, 0.5) is 0 Å². The first-order chi connectivity index (χ1) is 9.18. The minimum atomic E-state index is -0.0578. The number of benzene rings is 1. The summed E-state index contributed by atoms with van der Waals surface area (Å²) in [6.45, 7) is 13.4. The Bertz CT molecular complexity index is 482. The Morgan fingerprint density at radius 3 is 2.05 bits per heavy atom. The molecule has 0 bridgehead atoms. The average molecular weight is 338 g/mol. The van der Waals surface area contributed by atoms with Crippen molar-refractivity contribution in [3.05, 3.63) is 35.9 Å². The first-order valence-electron chi connectivity index (χ1n) is 7.13. The zero-order chi connectivity index (χ0) is 15.0. The number of nitrogens with zero attached hydrogens (tertiary/aromatic N) is 1. The Kier molecular flexibility index (Phi) is 4.44. The number of rotatable bonds is 1. The van der Waals surface area contributed by atoms with Crippen LogP contribution < -0.4 is 0 Å². The molecule has 0 saturated carbocycles. The van der Waals surface area contributed by atoms with E-state index >= 15 is 0 Å². The van der Waals surface area contributed by atoms with Crippen molar-refractivity contribution >= 4 is 19.6 Å². The van der Waals surface area contributed by atoms with Crippen molar-refractivity contribution in [1.82, 2.24) is 0 Å². The molecule has 1 aromatic carbocycles. The van der Waals surface area contributed by atoms with E-state index in [2.05, 4.69) is 71.9 Å². The molecule has 0 fully saturated rings. The number of hydrogen-bond acceptors (Lipinski definition) is 2. The van der Waals surface area contributed by atoms with Crippen molar-refractivity contribution in [2.24, 2.45) is 15.8 Å². The van der Waals surface area contributed by atoms with Crippen molar-refractivity contribution < 1.29 is 4.74 Å². The molecule has 0 amide bonds. The van der Waals surface area contributed by atoms with Gasteiger partial charge in [0.15, 0.2) is 0 Å². The van der Waals surface area contributed by atoms with Gasteiger partial charge in [-0.2, -0.15) is 0 Å². The molecule has 1 aromatic rings. The molecule has 2 atom stereocenters. The van der Waals surface area contributed by atoms with Gasteiger partial charge in [0.2, 0.25) is 0 Å². The molecule has 0 radical (unpaired) electrons. The van der Waals surface area contributed by atoms with Gasteiger partial charge in [-0.25, -0.2) is 0 Å². The summed E-state index contributed by atoms with van der Waals surface area (Å²) in [4.78, 5) is 4.91. The standard InChI is InChI=1S/C17H25NOSe/c1-16(2,3)14-18-13(12-10-8-7-9-11-12)20-15(19-14)17(4,5)6/h7-11,14-15H,1-6H3. The zero-order valence-electron chi connectivity index (χ0n) is 13.3. The van der Waals surface area contributed by atoms with E-state index in [0.717, 1.165) is 0 Å². The second-order valence-corrected chi connectivity index (χ2v) is 9.67. The fourth-order valence-corrected chi connectivity index (χ4v) is 4.32. The monoisotopic (exact) mass is 339 g/mol. The molecule has 1 aliphatic rings. The Labute approximate surface area is 129 Å². The van der Waals surface area contributed by atoms with Gasteiger partial charge in [0, 0.05) is 0 Å². The molecular formula is C17H25NOSe. The number of aliphatic imine (C=N–C) groups is 1. The molecule has 0 saturated heterocycles. The van der Waals surface area contributed by atoms with E-state index in [4.69, 9.17) is 9.73 Å². The van der Waals surface area contributed by atoms with E-state index in [-0.39, 0.29) is 37.0 Å². The van der Waals surface area contributed by atoms with Crippen LogP contribution in [0, 0.1) is 10.8 Å². The van der Waals surface area contributed by atoms with E-state index < -0.39 is 0 Å². The zero-order valence-corrected chi connectivity index (χ0v) is 15.0. The second-order valence-electron chi connectivity index (χ2n) is 7.47. The van der Waals surface area contributed by atoms with E-state index in [0.29, 0.717) is 0 Å². The molecule has 0 aromatic heterocycles. The Morgan fingerprint density at radius 1 is 0.950 bits per heavy atom. The van der Waals surface area contributed by atoms with Gasteiger partial charge in [-0.15, -0.1) is 0 Å². The summed E-state index contributed by atoms with van der Waals surface area (Å²) in [5.41, 5.74) is 1.43. The van der Waals surface area contributed by atoms with E-state index in [9.17, 15) is 0 Å². The molecule has 0 N–H and O–H groups in total. The topological polar surface area (TPSA) is 21.6 Å². The van der Waals surface area contributed by atoms with Crippen LogP contribution in [0.3, 0.4) is 0 Å². The van der Waals surface area contributed by atoms with E-state index in [1.165, 1.54) is 10.2 Å². The van der Waals surface area contributed by atoms with Crippen LogP contribution in [-0.2, 0) is 4.74 Å². The third-order valence-corrected chi connectivity index (χ3v) is 6.52. The van der Waals surface area contributed by atoms with Gasteiger partial charge in [0.05, 0.1) is 0 Å². The molecule has 0 spiro atoms. The van der Waals surface area contributed by atoms with Gasteiger partial charge in [0.1, 0.15) is 0 Å². The average Bonchev–Trinajstić information content (AvgIpc) is 2.37. The van der Waals surface area contributed by atoms with Crippen molar-refractivity contribution in [2.75, 3.05) is 0 Å². The van der Waals surface area contributed by atoms with Crippen LogP contribution >= 0.6 is 0 Å². The molecule has 20 heavy (non-hydrogen) atoms. The summed E-state index contributed by atoms with van der Waals surface area (Å²) in [5, 5.41) is 0.270. The Balaban J connectivity index is 2.37. The maximum atomic E-state index is 6.31. The maximum absolute atomic E-state index is 6.31. The number of ether oxygens (including phenoxy) is 1. The predicted molar refractivity (Wildman–Crippen MR) is 86.3 cm³/mol. The summed E-state index contributed by atoms with van der Waals surface area (Å²) in [5.74, 6) is 0. The molecule has 1 aliphatic heterocycles. The molecule has 2 unspecified atom stereocenters. The molecule has 1 heterocycles. The summed E-state index contributed by atoms with van der Waals surface area (Å²) in [7, 11) is 0. The van der Waals surface area contributed by atoms with Gasteiger partial charge in [-0.1, -0.05) is 0 Å². The van der Waals surface area contributed by atoms with Gasteiger partial charge in [-0.3, -0.25) is 0 Å². The Hall–Kier alpha value is -0.631.